The van der Waals surface area contributed by atoms with Crippen LogP contribution in [0.25, 0.3) is 89.4 Å². The molecule has 3 aliphatic rings. The van der Waals surface area contributed by atoms with E-state index in [2.05, 4.69) is 231 Å². The fourth-order valence-electron chi connectivity index (χ4n) is 11.1. The zero-order chi connectivity index (χ0) is 42.9. The van der Waals surface area contributed by atoms with Crippen LogP contribution in [0.1, 0.15) is 40.2 Å². The Labute approximate surface area is 378 Å². The molecular formula is C62H41N3. The average Bonchev–Trinajstić information content (AvgIpc) is 3.86. The topological polar surface area (TPSA) is 38.7 Å². The standard InChI is InChI=1S/C62H41N3/c1-3-18-40(19-4-1)46-22-7-9-26-51(46)60-63-59(64-61(65-60)52-27-10-8-23-47(52)41-20-5-2-6-21-41)45-37-35-42-38-44(36-34-43(42)39-45)48-29-17-33-57-58(48)53-28-13-16-32-56(53)62(57)54-30-14-11-24-49(54)50-25-12-15-31-55(50)62/h1-20,22-39,41H,21H2. The molecule has 1 atom stereocenters. The lowest BCUT2D eigenvalue weighted by Crippen LogP contribution is -2.25. The molecule has 0 saturated carbocycles. The van der Waals surface area contributed by atoms with Crippen molar-refractivity contribution in [3.8, 4) is 78.7 Å². The second kappa shape index (κ2) is 14.9. The monoisotopic (exact) mass is 827 g/mol. The van der Waals surface area contributed by atoms with Crippen LogP contribution in [0, 0.1) is 0 Å². The van der Waals surface area contributed by atoms with Gasteiger partial charge in [0.1, 0.15) is 0 Å². The van der Waals surface area contributed by atoms with E-state index in [0.717, 1.165) is 45.0 Å². The van der Waals surface area contributed by atoms with Gasteiger partial charge in [0.25, 0.3) is 0 Å². The molecule has 0 aliphatic heterocycles. The predicted octanol–water partition coefficient (Wildman–Crippen LogP) is 15.3. The van der Waals surface area contributed by atoms with Gasteiger partial charge in [0.2, 0.25) is 0 Å². The highest BCUT2D eigenvalue weighted by molar-refractivity contribution is 6.01. The van der Waals surface area contributed by atoms with Crippen LogP contribution in [0.15, 0.2) is 231 Å². The molecule has 0 bridgehead atoms. The Hall–Kier alpha value is -8.27. The predicted molar refractivity (Wildman–Crippen MR) is 266 cm³/mol. The second-order valence-corrected chi connectivity index (χ2v) is 17.4. The largest absolute Gasteiger partial charge is 0.208 e. The van der Waals surface area contributed by atoms with Gasteiger partial charge < -0.3 is 0 Å². The van der Waals surface area contributed by atoms with E-state index >= 15 is 0 Å². The zero-order valence-corrected chi connectivity index (χ0v) is 35.6. The molecule has 3 aliphatic carbocycles. The summed E-state index contributed by atoms with van der Waals surface area (Å²) in [6.45, 7) is 0. The molecule has 13 rings (SSSR count). The van der Waals surface area contributed by atoms with Crippen LogP contribution < -0.4 is 0 Å². The maximum atomic E-state index is 5.29. The van der Waals surface area contributed by atoms with Crippen molar-refractivity contribution in [2.45, 2.75) is 17.8 Å². The van der Waals surface area contributed by atoms with Gasteiger partial charge in [-0.2, -0.15) is 0 Å². The third kappa shape index (κ3) is 5.79. The first-order valence-corrected chi connectivity index (χ1v) is 22.5. The molecule has 0 fully saturated rings. The van der Waals surface area contributed by atoms with Crippen molar-refractivity contribution >= 4 is 10.8 Å². The number of benzene rings is 9. The van der Waals surface area contributed by atoms with Gasteiger partial charge in [-0.05, 0) is 102 Å². The van der Waals surface area contributed by atoms with Gasteiger partial charge in [0, 0.05) is 22.6 Å². The smallest absolute Gasteiger partial charge is 0.164 e. The van der Waals surface area contributed by atoms with Crippen LogP contribution in [-0.4, -0.2) is 15.0 Å². The SMILES string of the molecule is C1=CCC(c2ccccc2-c2nc(-c3ccc4cc(-c5cccc6c5-c5ccccc5C65c6ccccc6-c6ccccc65)ccc4c3)nc(-c3ccccc3-c3ccccc3)n2)C=C1. The van der Waals surface area contributed by atoms with Crippen molar-refractivity contribution in [3.05, 3.63) is 258 Å². The Morgan fingerprint density at radius 3 is 1.58 bits per heavy atom. The minimum absolute atomic E-state index is 0.237. The molecule has 3 nitrogen and oxygen atoms in total. The van der Waals surface area contributed by atoms with Crippen molar-refractivity contribution in [2.75, 3.05) is 0 Å². The van der Waals surface area contributed by atoms with Gasteiger partial charge in [0.05, 0.1) is 5.41 Å². The summed E-state index contributed by atoms with van der Waals surface area (Å²) in [4.78, 5) is 15.9. The zero-order valence-electron chi connectivity index (χ0n) is 35.6. The molecule has 65 heavy (non-hydrogen) atoms. The Bertz CT molecular complexity index is 3550. The molecule has 0 amide bonds. The Morgan fingerprint density at radius 2 is 0.877 bits per heavy atom. The van der Waals surface area contributed by atoms with Crippen LogP contribution in [0.4, 0.5) is 0 Å². The third-order valence-electron chi connectivity index (χ3n) is 13.9. The van der Waals surface area contributed by atoms with E-state index in [4.69, 9.17) is 15.0 Å². The number of nitrogens with zero attached hydrogens (tertiary/aromatic N) is 3. The van der Waals surface area contributed by atoms with E-state index in [1.165, 1.54) is 61.2 Å². The van der Waals surface area contributed by atoms with Crippen LogP contribution in [0.2, 0.25) is 0 Å². The lowest BCUT2D eigenvalue weighted by Gasteiger charge is -2.30. The molecule has 304 valence electrons. The maximum absolute atomic E-state index is 5.29. The number of fused-ring (bicyclic) bond motifs is 11. The van der Waals surface area contributed by atoms with E-state index < -0.39 is 0 Å². The summed E-state index contributed by atoms with van der Waals surface area (Å²) in [7, 11) is 0. The van der Waals surface area contributed by atoms with Gasteiger partial charge in [0.15, 0.2) is 17.5 Å². The van der Waals surface area contributed by atoms with Crippen LogP contribution in [0.3, 0.4) is 0 Å². The minimum Gasteiger partial charge on any atom is -0.208 e. The Morgan fingerprint density at radius 1 is 0.354 bits per heavy atom. The van der Waals surface area contributed by atoms with E-state index in [1.807, 2.05) is 0 Å². The van der Waals surface area contributed by atoms with Crippen molar-refractivity contribution in [2.24, 2.45) is 0 Å². The average molecular weight is 828 g/mol. The summed E-state index contributed by atoms with van der Waals surface area (Å²) in [6, 6.07) is 75.0. The summed E-state index contributed by atoms with van der Waals surface area (Å²) >= 11 is 0. The summed E-state index contributed by atoms with van der Waals surface area (Å²) in [5.41, 5.74) is 19.1. The number of hydrogen-bond acceptors (Lipinski definition) is 3. The van der Waals surface area contributed by atoms with Gasteiger partial charge in [-0.3, -0.25) is 0 Å². The second-order valence-electron chi connectivity index (χ2n) is 17.4. The summed E-state index contributed by atoms with van der Waals surface area (Å²) in [5, 5.41) is 2.29. The highest BCUT2D eigenvalue weighted by Crippen LogP contribution is 2.64. The summed E-state index contributed by atoms with van der Waals surface area (Å²) in [5.74, 6) is 2.20. The highest BCUT2D eigenvalue weighted by Gasteiger charge is 2.51. The van der Waals surface area contributed by atoms with Gasteiger partial charge in [-0.25, -0.2) is 15.0 Å². The first kappa shape index (κ1) is 37.3. The maximum Gasteiger partial charge on any atom is 0.164 e. The molecule has 9 aromatic carbocycles. The number of rotatable bonds is 6. The van der Waals surface area contributed by atoms with Crippen LogP contribution in [0.5, 0.6) is 0 Å². The molecular weight excluding hydrogens is 787 g/mol. The molecule has 1 unspecified atom stereocenters. The number of aromatic nitrogens is 3. The molecule has 1 aromatic heterocycles. The lowest BCUT2D eigenvalue weighted by molar-refractivity contribution is 0.794. The normalized spacial score (nSPS) is 14.9. The fraction of sp³-hybridized carbons (Fsp3) is 0.0484. The van der Waals surface area contributed by atoms with Crippen molar-refractivity contribution in [3.63, 3.8) is 0 Å². The minimum atomic E-state index is -0.380. The van der Waals surface area contributed by atoms with Crippen molar-refractivity contribution in [1.29, 1.82) is 0 Å². The fourth-order valence-corrected chi connectivity index (χ4v) is 11.1. The Kier molecular flexibility index (Phi) is 8.57. The first-order chi connectivity index (χ1) is 32.2. The summed E-state index contributed by atoms with van der Waals surface area (Å²) < 4.78 is 0. The van der Waals surface area contributed by atoms with Gasteiger partial charge in [-0.1, -0.05) is 218 Å². The van der Waals surface area contributed by atoms with Crippen LogP contribution in [-0.2, 0) is 5.41 Å². The van der Waals surface area contributed by atoms with Crippen LogP contribution >= 0.6 is 0 Å². The molecule has 0 N–H and O–H groups in total. The molecule has 0 radical (unpaired) electrons. The van der Waals surface area contributed by atoms with E-state index in [1.54, 1.807) is 0 Å². The molecule has 1 heterocycles. The quantitative estimate of drug-likeness (QED) is 0.168. The highest BCUT2D eigenvalue weighted by atomic mass is 15.0. The van der Waals surface area contributed by atoms with E-state index in [9.17, 15) is 0 Å². The summed E-state index contributed by atoms with van der Waals surface area (Å²) in [6.07, 6.45) is 9.70. The van der Waals surface area contributed by atoms with E-state index in [-0.39, 0.29) is 11.3 Å². The van der Waals surface area contributed by atoms with Crippen molar-refractivity contribution in [1.82, 2.24) is 15.0 Å². The third-order valence-corrected chi connectivity index (χ3v) is 13.9. The number of allylic oxidation sites excluding steroid dienone is 4. The molecule has 1 spiro atoms. The molecule has 10 aromatic rings. The van der Waals surface area contributed by atoms with Gasteiger partial charge >= 0.3 is 0 Å². The molecule has 0 saturated heterocycles. The van der Waals surface area contributed by atoms with Gasteiger partial charge in [-0.15, -0.1) is 0 Å². The Balaban J connectivity index is 0.951. The lowest BCUT2D eigenvalue weighted by atomic mass is 9.70. The first-order valence-electron chi connectivity index (χ1n) is 22.5. The number of hydrogen-bond donors (Lipinski definition) is 0. The molecule has 3 heteroatoms. The van der Waals surface area contributed by atoms with Crippen molar-refractivity contribution < 1.29 is 0 Å². The van der Waals surface area contributed by atoms with E-state index in [0.29, 0.717) is 17.5 Å².